The molecule has 0 fully saturated rings. The summed E-state index contributed by atoms with van der Waals surface area (Å²) in [6.07, 6.45) is 0. The third-order valence-corrected chi connectivity index (χ3v) is 13.8. The van der Waals surface area contributed by atoms with Gasteiger partial charge in [-0.25, -0.2) is 0 Å². The van der Waals surface area contributed by atoms with Crippen molar-refractivity contribution in [3.63, 3.8) is 0 Å². The van der Waals surface area contributed by atoms with Crippen LogP contribution in [0.2, 0.25) is 0 Å². The molecular weight excluding hydrogens is 829 g/mol. The average molecular weight is 869 g/mol. The summed E-state index contributed by atoms with van der Waals surface area (Å²) in [4.78, 5) is 2.39. The molecule has 14 aromatic rings. The van der Waals surface area contributed by atoms with Crippen LogP contribution in [0.15, 0.2) is 251 Å². The minimum absolute atomic E-state index is 0.867. The van der Waals surface area contributed by atoms with Crippen LogP contribution in [0, 0.1) is 0 Å². The molecule has 14 rings (SSSR count). The number of rotatable bonds is 7. The highest BCUT2D eigenvalue weighted by molar-refractivity contribution is 6.20. The van der Waals surface area contributed by atoms with Crippen molar-refractivity contribution in [3.05, 3.63) is 243 Å². The summed E-state index contributed by atoms with van der Waals surface area (Å²) >= 11 is 0. The molecule has 0 spiro atoms. The highest BCUT2D eigenvalue weighted by Gasteiger charge is 2.23. The molecule has 3 aromatic heterocycles. The van der Waals surface area contributed by atoms with Gasteiger partial charge < -0.3 is 18.3 Å². The number of hydrogen-bond acceptors (Lipinski definition) is 3. The third-order valence-electron chi connectivity index (χ3n) is 13.8. The zero-order valence-corrected chi connectivity index (χ0v) is 36.8. The Hall–Kier alpha value is -9.12. The SMILES string of the molecule is c1ccc(N(c2ccc(-c3ccccc3-n3c4ccccc4c4ccccc43)cc2)c2ccc(-c3cccc4oc5ccccc5c34)cc2)c(-c2cccc3oc4c5ccccc5ccc4c23)c1. The van der Waals surface area contributed by atoms with E-state index in [4.69, 9.17) is 8.83 Å². The second-order valence-electron chi connectivity index (χ2n) is 17.6. The van der Waals surface area contributed by atoms with E-state index < -0.39 is 0 Å². The van der Waals surface area contributed by atoms with Crippen LogP contribution < -0.4 is 4.90 Å². The van der Waals surface area contributed by atoms with Crippen molar-refractivity contribution in [3.8, 4) is 39.1 Å². The molecule has 4 heteroatoms. The van der Waals surface area contributed by atoms with E-state index in [2.05, 4.69) is 240 Å². The molecule has 0 saturated carbocycles. The predicted octanol–water partition coefficient (Wildman–Crippen LogP) is 18.2. The summed E-state index contributed by atoms with van der Waals surface area (Å²) in [6.45, 7) is 0. The minimum Gasteiger partial charge on any atom is -0.456 e. The molecule has 0 amide bonds. The lowest BCUT2D eigenvalue weighted by Gasteiger charge is -2.28. The molecule has 68 heavy (non-hydrogen) atoms. The lowest BCUT2D eigenvalue weighted by molar-refractivity contribution is 0.669. The van der Waals surface area contributed by atoms with Gasteiger partial charge in [-0.1, -0.05) is 170 Å². The number of benzene rings is 11. The Labute approximate surface area is 391 Å². The zero-order valence-electron chi connectivity index (χ0n) is 36.8. The first kappa shape index (κ1) is 38.2. The molecule has 11 aromatic carbocycles. The fourth-order valence-electron chi connectivity index (χ4n) is 10.8. The van der Waals surface area contributed by atoms with E-state index >= 15 is 0 Å². The summed E-state index contributed by atoms with van der Waals surface area (Å²) in [6, 6.07) is 86.9. The Morgan fingerprint density at radius 3 is 1.56 bits per heavy atom. The van der Waals surface area contributed by atoms with Crippen molar-refractivity contribution in [2.75, 3.05) is 4.90 Å². The zero-order chi connectivity index (χ0) is 44.7. The molecule has 0 N–H and O–H groups in total. The maximum atomic E-state index is 6.72. The number of para-hydroxylation sites is 5. The van der Waals surface area contributed by atoms with Crippen molar-refractivity contribution < 1.29 is 8.83 Å². The standard InChI is InChI=1S/C64H40N2O2/c1-2-17-48-41(15-1)35-40-54-63-52(23-14-30-61(63)68-64(48)54)51-20-6-9-25-56(51)65(45-38-33-43(34-39-45)47-22-13-29-60-62(47)53-21-7-12-28-59(53)67-60)44-36-31-42(32-37-44)46-16-3-8-24-55(46)66-57-26-10-4-18-49(57)50-19-5-11-27-58(50)66/h1-40H. The first-order valence-corrected chi connectivity index (χ1v) is 23.2. The number of furan rings is 2. The van der Waals surface area contributed by atoms with Gasteiger partial charge in [0.25, 0.3) is 0 Å². The van der Waals surface area contributed by atoms with Crippen LogP contribution in [0.4, 0.5) is 17.1 Å². The summed E-state index contributed by atoms with van der Waals surface area (Å²) in [5, 5.41) is 9.22. The van der Waals surface area contributed by atoms with E-state index in [1.54, 1.807) is 0 Å². The average Bonchev–Trinajstić information content (AvgIpc) is 4.10. The summed E-state index contributed by atoms with van der Waals surface area (Å²) < 4.78 is 15.4. The second kappa shape index (κ2) is 15.2. The van der Waals surface area contributed by atoms with Gasteiger partial charge in [-0.15, -0.1) is 0 Å². The van der Waals surface area contributed by atoms with Gasteiger partial charge in [0.05, 0.1) is 22.4 Å². The van der Waals surface area contributed by atoms with Gasteiger partial charge in [0, 0.05) is 60.2 Å². The predicted molar refractivity (Wildman–Crippen MR) is 284 cm³/mol. The van der Waals surface area contributed by atoms with E-state index in [-0.39, 0.29) is 0 Å². The van der Waals surface area contributed by atoms with Crippen LogP contribution in [-0.4, -0.2) is 4.57 Å². The second-order valence-corrected chi connectivity index (χ2v) is 17.6. The smallest absolute Gasteiger partial charge is 0.143 e. The Bertz CT molecular complexity index is 4210. The molecule has 318 valence electrons. The van der Waals surface area contributed by atoms with Gasteiger partial charge in [-0.3, -0.25) is 0 Å². The highest BCUT2D eigenvalue weighted by atomic mass is 16.3. The van der Waals surface area contributed by atoms with Crippen LogP contribution in [0.1, 0.15) is 0 Å². The minimum atomic E-state index is 0.867. The number of anilines is 3. The molecule has 0 saturated heterocycles. The Balaban J connectivity index is 0.943. The van der Waals surface area contributed by atoms with E-state index in [1.807, 2.05) is 12.1 Å². The van der Waals surface area contributed by atoms with E-state index in [1.165, 1.54) is 21.8 Å². The van der Waals surface area contributed by atoms with Gasteiger partial charge in [-0.05, 0) is 100 Å². The number of fused-ring (bicyclic) bond motifs is 11. The van der Waals surface area contributed by atoms with Crippen molar-refractivity contribution in [1.29, 1.82) is 0 Å². The molecule has 0 aliphatic rings. The third kappa shape index (κ3) is 5.87. The topological polar surface area (TPSA) is 34.5 Å². The van der Waals surface area contributed by atoms with Gasteiger partial charge >= 0.3 is 0 Å². The maximum Gasteiger partial charge on any atom is 0.143 e. The van der Waals surface area contributed by atoms with Gasteiger partial charge in [0.15, 0.2) is 0 Å². The molecule has 0 bridgehead atoms. The molecule has 0 aliphatic carbocycles. The van der Waals surface area contributed by atoms with Crippen LogP contribution in [0.25, 0.3) is 116 Å². The monoisotopic (exact) mass is 868 g/mol. The van der Waals surface area contributed by atoms with Crippen LogP contribution in [0.3, 0.4) is 0 Å². The van der Waals surface area contributed by atoms with Crippen LogP contribution in [-0.2, 0) is 0 Å². The summed E-state index contributed by atoms with van der Waals surface area (Å²) in [7, 11) is 0. The Kier molecular flexibility index (Phi) is 8.55. The molecule has 3 heterocycles. The van der Waals surface area contributed by atoms with Crippen LogP contribution in [0.5, 0.6) is 0 Å². The molecular formula is C64H40N2O2. The lowest BCUT2D eigenvalue weighted by Crippen LogP contribution is -2.11. The molecule has 0 aliphatic heterocycles. The highest BCUT2D eigenvalue weighted by Crippen LogP contribution is 2.47. The molecule has 0 unspecified atom stereocenters. The largest absolute Gasteiger partial charge is 0.456 e. The molecule has 4 nitrogen and oxygen atoms in total. The first-order chi connectivity index (χ1) is 33.7. The van der Waals surface area contributed by atoms with Crippen molar-refractivity contribution in [2.24, 2.45) is 0 Å². The normalized spacial score (nSPS) is 11.8. The van der Waals surface area contributed by atoms with Crippen LogP contribution >= 0.6 is 0 Å². The Morgan fingerprint density at radius 1 is 0.309 bits per heavy atom. The Morgan fingerprint density at radius 2 is 0.824 bits per heavy atom. The van der Waals surface area contributed by atoms with Gasteiger partial charge in [0.2, 0.25) is 0 Å². The quantitative estimate of drug-likeness (QED) is 0.160. The fraction of sp³-hybridized carbons (Fsp3) is 0. The molecule has 0 radical (unpaired) electrons. The summed E-state index contributed by atoms with van der Waals surface area (Å²) in [5.41, 5.74) is 17.0. The van der Waals surface area contributed by atoms with Crippen molar-refractivity contribution in [2.45, 2.75) is 0 Å². The first-order valence-electron chi connectivity index (χ1n) is 23.2. The number of nitrogens with zero attached hydrogens (tertiary/aromatic N) is 2. The number of hydrogen-bond donors (Lipinski definition) is 0. The van der Waals surface area contributed by atoms with Crippen molar-refractivity contribution in [1.82, 2.24) is 4.57 Å². The van der Waals surface area contributed by atoms with E-state index in [0.29, 0.717) is 0 Å². The maximum absolute atomic E-state index is 6.72. The van der Waals surface area contributed by atoms with E-state index in [9.17, 15) is 0 Å². The van der Waals surface area contributed by atoms with Gasteiger partial charge in [-0.2, -0.15) is 0 Å². The van der Waals surface area contributed by atoms with E-state index in [0.717, 1.165) is 111 Å². The summed E-state index contributed by atoms with van der Waals surface area (Å²) in [5.74, 6) is 0. The number of aromatic nitrogens is 1. The van der Waals surface area contributed by atoms with Gasteiger partial charge in [0.1, 0.15) is 22.3 Å². The fourth-order valence-corrected chi connectivity index (χ4v) is 10.8. The van der Waals surface area contributed by atoms with Crippen molar-refractivity contribution >= 4 is 93.5 Å². The lowest BCUT2D eigenvalue weighted by atomic mass is 9.95. The molecule has 0 atom stereocenters.